The summed E-state index contributed by atoms with van der Waals surface area (Å²) in [6, 6.07) is 16.4. The van der Waals surface area contributed by atoms with E-state index in [4.69, 9.17) is 10.5 Å². The summed E-state index contributed by atoms with van der Waals surface area (Å²) in [6.45, 7) is 1.52. The monoisotopic (exact) mass is 386 g/mol. The van der Waals surface area contributed by atoms with Crippen LogP contribution < -0.4 is 11.1 Å². The second kappa shape index (κ2) is 10.4. The van der Waals surface area contributed by atoms with Gasteiger partial charge in [0.05, 0.1) is 17.4 Å². The molecule has 0 saturated carbocycles. The van der Waals surface area contributed by atoms with Gasteiger partial charge in [-0.1, -0.05) is 49.4 Å². The van der Waals surface area contributed by atoms with Crippen molar-refractivity contribution in [3.05, 3.63) is 60.2 Å². The quantitative estimate of drug-likeness (QED) is 0.510. The largest absolute Gasteiger partial charge is 0.455 e. The highest BCUT2D eigenvalue weighted by Crippen LogP contribution is 2.26. The zero-order valence-corrected chi connectivity index (χ0v) is 15.8. The number of primary amides is 1. The van der Waals surface area contributed by atoms with E-state index in [1.54, 1.807) is 24.3 Å². The van der Waals surface area contributed by atoms with E-state index in [2.05, 4.69) is 5.32 Å². The Kier molecular flexibility index (Phi) is 7.88. The molecule has 2 aromatic carbocycles. The molecule has 6 nitrogen and oxygen atoms in total. The average molecular weight is 386 g/mol. The van der Waals surface area contributed by atoms with Gasteiger partial charge in [-0.3, -0.25) is 14.4 Å². The van der Waals surface area contributed by atoms with Crippen molar-refractivity contribution in [2.24, 2.45) is 5.73 Å². The standard InChI is InChI=1S/C20H22N2O4S/c1-2-15(14-8-4-3-5-9-14)20(25)26-12-19(24)22-16-10-6-7-11-17(16)27-13-18(21)23/h3-11,15H,2,12-13H2,1H3,(H2,21,23)(H,22,24)/t15-/m0/s1. The second-order valence-electron chi connectivity index (χ2n) is 5.78. The topological polar surface area (TPSA) is 98.5 Å². The van der Waals surface area contributed by atoms with Crippen LogP contribution in [0.4, 0.5) is 5.69 Å². The molecule has 0 aromatic heterocycles. The summed E-state index contributed by atoms with van der Waals surface area (Å²) in [5.41, 5.74) is 6.56. The first-order chi connectivity index (χ1) is 13.0. The van der Waals surface area contributed by atoms with Crippen molar-refractivity contribution in [1.82, 2.24) is 0 Å². The van der Waals surface area contributed by atoms with Crippen LogP contribution in [0.2, 0.25) is 0 Å². The number of amides is 2. The second-order valence-corrected chi connectivity index (χ2v) is 6.80. The normalized spacial score (nSPS) is 11.4. The van der Waals surface area contributed by atoms with E-state index in [0.717, 1.165) is 5.56 Å². The van der Waals surface area contributed by atoms with Crippen LogP contribution in [-0.4, -0.2) is 30.1 Å². The van der Waals surface area contributed by atoms with Crippen molar-refractivity contribution >= 4 is 35.2 Å². The van der Waals surface area contributed by atoms with Crippen LogP contribution in [0, 0.1) is 0 Å². The van der Waals surface area contributed by atoms with Crippen molar-refractivity contribution < 1.29 is 19.1 Å². The molecule has 0 spiro atoms. The van der Waals surface area contributed by atoms with E-state index in [0.29, 0.717) is 17.0 Å². The lowest BCUT2D eigenvalue weighted by Gasteiger charge is -2.15. The molecule has 0 aliphatic rings. The molecule has 0 aliphatic heterocycles. The molecule has 0 radical (unpaired) electrons. The van der Waals surface area contributed by atoms with E-state index in [9.17, 15) is 14.4 Å². The summed E-state index contributed by atoms with van der Waals surface area (Å²) in [5, 5.41) is 2.70. The third kappa shape index (κ3) is 6.45. The van der Waals surface area contributed by atoms with Crippen LogP contribution in [0.5, 0.6) is 0 Å². The predicted molar refractivity (Wildman–Crippen MR) is 105 cm³/mol. The third-order valence-electron chi connectivity index (χ3n) is 3.77. The SMILES string of the molecule is CC[C@H](C(=O)OCC(=O)Nc1ccccc1SCC(N)=O)c1ccccc1. The van der Waals surface area contributed by atoms with Gasteiger partial charge in [-0.25, -0.2) is 0 Å². The number of hydrogen-bond donors (Lipinski definition) is 2. The highest BCUT2D eigenvalue weighted by molar-refractivity contribution is 8.00. The lowest BCUT2D eigenvalue weighted by Crippen LogP contribution is -2.24. The summed E-state index contributed by atoms with van der Waals surface area (Å²) >= 11 is 1.23. The van der Waals surface area contributed by atoms with Crippen molar-refractivity contribution in [1.29, 1.82) is 0 Å². The van der Waals surface area contributed by atoms with Crippen molar-refractivity contribution in [3.8, 4) is 0 Å². The molecular weight excluding hydrogens is 364 g/mol. The Morgan fingerprint density at radius 1 is 1.07 bits per heavy atom. The van der Waals surface area contributed by atoms with Crippen LogP contribution in [0.15, 0.2) is 59.5 Å². The van der Waals surface area contributed by atoms with E-state index in [1.807, 2.05) is 37.3 Å². The van der Waals surface area contributed by atoms with Gasteiger partial charge in [0.15, 0.2) is 6.61 Å². The molecule has 2 amide bonds. The van der Waals surface area contributed by atoms with Crippen LogP contribution in [0.25, 0.3) is 0 Å². The number of anilines is 1. The van der Waals surface area contributed by atoms with Gasteiger partial charge in [0, 0.05) is 4.90 Å². The number of hydrogen-bond acceptors (Lipinski definition) is 5. The van der Waals surface area contributed by atoms with E-state index >= 15 is 0 Å². The van der Waals surface area contributed by atoms with Crippen molar-refractivity contribution in [2.75, 3.05) is 17.7 Å². The molecule has 142 valence electrons. The Morgan fingerprint density at radius 2 is 1.74 bits per heavy atom. The van der Waals surface area contributed by atoms with Gasteiger partial charge in [-0.2, -0.15) is 0 Å². The Morgan fingerprint density at radius 3 is 2.41 bits per heavy atom. The van der Waals surface area contributed by atoms with Gasteiger partial charge < -0.3 is 15.8 Å². The Bertz CT molecular complexity index is 796. The fraction of sp³-hybridized carbons (Fsp3) is 0.250. The van der Waals surface area contributed by atoms with Gasteiger partial charge in [0.1, 0.15) is 0 Å². The molecule has 7 heteroatoms. The molecule has 0 unspecified atom stereocenters. The Hall–Kier alpha value is -2.80. The molecular formula is C20H22N2O4S. The van der Waals surface area contributed by atoms with Gasteiger partial charge in [-0.05, 0) is 24.1 Å². The summed E-state index contributed by atoms with van der Waals surface area (Å²) in [7, 11) is 0. The lowest BCUT2D eigenvalue weighted by molar-refractivity contribution is -0.149. The highest BCUT2D eigenvalue weighted by atomic mass is 32.2. The maximum absolute atomic E-state index is 12.3. The molecule has 0 heterocycles. The molecule has 27 heavy (non-hydrogen) atoms. The molecule has 0 fully saturated rings. The molecule has 1 atom stereocenters. The number of rotatable bonds is 9. The minimum absolute atomic E-state index is 0.108. The van der Waals surface area contributed by atoms with Crippen molar-refractivity contribution in [2.45, 2.75) is 24.2 Å². The first-order valence-electron chi connectivity index (χ1n) is 8.52. The minimum Gasteiger partial charge on any atom is -0.455 e. The van der Waals surface area contributed by atoms with Gasteiger partial charge in [0.2, 0.25) is 5.91 Å². The fourth-order valence-corrected chi connectivity index (χ4v) is 3.24. The number of carbonyl (C=O) groups is 3. The average Bonchev–Trinajstić information content (AvgIpc) is 2.67. The number of para-hydroxylation sites is 1. The first kappa shape index (κ1) is 20.5. The first-order valence-corrected chi connectivity index (χ1v) is 9.51. The van der Waals surface area contributed by atoms with Crippen LogP contribution in [0.3, 0.4) is 0 Å². The lowest BCUT2D eigenvalue weighted by atomic mass is 9.97. The van der Waals surface area contributed by atoms with Gasteiger partial charge >= 0.3 is 5.97 Å². The van der Waals surface area contributed by atoms with E-state index in [1.165, 1.54) is 11.8 Å². The van der Waals surface area contributed by atoms with Crippen molar-refractivity contribution in [3.63, 3.8) is 0 Å². The molecule has 0 saturated heterocycles. The molecule has 0 aliphatic carbocycles. The number of benzene rings is 2. The maximum Gasteiger partial charge on any atom is 0.313 e. The van der Waals surface area contributed by atoms with Crippen LogP contribution >= 0.6 is 11.8 Å². The number of esters is 1. The van der Waals surface area contributed by atoms with E-state index in [-0.39, 0.29) is 12.4 Å². The summed E-state index contributed by atoms with van der Waals surface area (Å²) in [4.78, 5) is 36.1. The zero-order chi connectivity index (χ0) is 19.6. The van der Waals surface area contributed by atoms with Crippen LogP contribution in [0.1, 0.15) is 24.8 Å². The molecule has 3 N–H and O–H groups in total. The minimum atomic E-state index is -0.446. The molecule has 2 rings (SSSR count). The number of nitrogens with two attached hydrogens (primary N) is 1. The number of ether oxygens (including phenoxy) is 1. The fourth-order valence-electron chi connectivity index (χ4n) is 2.49. The Balaban J connectivity index is 1.92. The highest BCUT2D eigenvalue weighted by Gasteiger charge is 2.21. The van der Waals surface area contributed by atoms with Crippen LogP contribution in [-0.2, 0) is 19.1 Å². The van der Waals surface area contributed by atoms with E-state index < -0.39 is 23.7 Å². The molecule has 0 bridgehead atoms. The predicted octanol–water partition coefficient (Wildman–Crippen LogP) is 2.94. The summed E-state index contributed by atoms with van der Waals surface area (Å²) in [6.07, 6.45) is 0.580. The maximum atomic E-state index is 12.3. The number of nitrogens with one attached hydrogen (secondary N) is 1. The number of carbonyl (C=O) groups excluding carboxylic acids is 3. The molecule has 2 aromatic rings. The zero-order valence-electron chi connectivity index (χ0n) is 15.0. The summed E-state index contributed by atoms with van der Waals surface area (Å²) in [5.74, 6) is -1.62. The summed E-state index contributed by atoms with van der Waals surface area (Å²) < 4.78 is 5.19. The third-order valence-corrected chi connectivity index (χ3v) is 4.87. The smallest absolute Gasteiger partial charge is 0.313 e. The van der Waals surface area contributed by atoms with Gasteiger partial charge in [-0.15, -0.1) is 11.8 Å². The van der Waals surface area contributed by atoms with Gasteiger partial charge in [0.25, 0.3) is 5.91 Å². The number of thioether (sulfide) groups is 1. The Labute approximate surface area is 162 Å².